The summed E-state index contributed by atoms with van der Waals surface area (Å²) >= 11 is 0. The van der Waals surface area contributed by atoms with Crippen LogP contribution < -0.4 is 4.74 Å². The molecule has 2 aromatic carbocycles. The Bertz CT molecular complexity index is 1160. The first-order valence-electron chi connectivity index (χ1n) is 9.14. The second kappa shape index (κ2) is 8.80. The quantitative estimate of drug-likeness (QED) is 0.340. The van der Waals surface area contributed by atoms with Crippen LogP contribution in [0, 0.1) is 0 Å². The molecule has 5 nitrogen and oxygen atoms in total. The van der Waals surface area contributed by atoms with E-state index in [-0.39, 0.29) is 6.61 Å². The van der Waals surface area contributed by atoms with Gasteiger partial charge in [0, 0.05) is 23.2 Å². The lowest BCUT2D eigenvalue weighted by Gasteiger charge is -2.10. The van der Waals surface area contributed by atoms with Crippen LogP contribution in [0.3, 0.4) is 0 Å². The van der Waals surface area contributed by atoms with E-state index in [1.54, 1.807) is 24.5 Å². The standard InChI is InChI=1S/C24H18N2O3/c27-24(14-13-20-12-11-18-6-1-3-9-22(18)26-20)28-17-19-7-2-4-10-23(19)29-21-8-5-15-25-16-21/h1-16H,17H2/b14-13+. The Kier molecular flexibility index (Phi) is 5.58. The van der Waals surface area contributed by atoms with Crippen LogP contribution in [0.5, 0.6) is 11.5 Å². The van der Waals surface area contributed by atoms with Crippen molar-refractivity contribution < 1.29 is 14.3 Å². The fraction of sp³-hybridized carbons (Fsp3) is 0.0417. The van der Waals surface area contributed by atoms with Crippen molar-refractivity contribution in [2.24, 2.45) is 0 Å². The van der Waals surface area contributed by atoms with Gasteiger partial charge in [-0.2, -0.15) is 0 Å². The Hall–Kier alpha value is -3.99. The number of benzene rings is 2. The number of esters is 1. The van der Waals surface area contributed by atoms with Gasteiger partial charge in [0.1, 0.15) is 18.1 Å². The molecule has 0 N–H and O–H groups in total. The number of rotatable bonds is 6. The van der Waals surface area contributed by atoms with Gasteiger partial charge in [0.2, 0.25) is 0 Å². The zero-order chi connectivity index (χ0) is 19.9. The third-order valence-corrected chi connectivity index (χ3v) is 4.21. The van der Waals surface area contributed by atoms with Gasteiger partial charge in [0.15, 0.2) is 0 Å². The molecule has 0 spiro atoms. The van der Waals surface area contributed by atoms with Crippen LogP contribution in [-0.2, 0) is 16.1 Å². The van der Waals surface area contributed by atoms with Crippen LogP contribution >= 0.6 is 0 Å². The molecule has 0 unspecified atom stereocenters. The first kappa shape index (κ1) is 18.4. The second-order valence-electron chi connectivity index (χ2n) is 6.27. The molecule has 2 heterocycles. The van der Waals surface area contributed by atoms with Crippen molar-refractivity contribution in [1.82, 2.24) is 9.97 Å². The van der Waals surface area contributed by atoms with Gasteiger partial charge in [0.25, 0.3) is 0 Å². The van der Waals surface area contributed by atoms with Gasteiger partial charge in [-0.25, -0.2) is 9.78 Å². The predicted molar refractivity (Wildman–Crippen MR) is 111 cm³/mol. The van der Waals surface area contributed by atoms with Gasteiger partial charge in [-0.3, -0.25) is 4.98 Å². The molecule has 2 aromatic heterocycles. The highest BCUT2D eigenvalue weighted by Crippen LogP contribution is 2.25. The summed E-state index contributed by atoms with van der Waals surface area (Å²) < 4.78 is 11.2. The molecular weight excluding hydrogens is 364 g/mol. The average molecular weight is 382 g/mol. The molecule has 0 saturated carbocycles. The summed E-state index contributed by atoms with van der Waals surface area (Å²) in [6.45, 7) is 0.102. The van der Waals surface area contributed by atoms with E-state index in [0.29, 0.717) is 17.2 Å². The lowest BCUT2D eigenvalue weighted by Crippen LogP contribution is -2.02. The van der Waals surface area contributed by atoms with E-state index in [4.69, 9.17) is 9.47 Å². The van der Waals surface area contributed by atoms with E-state index >= 15 is 0 Å². The van der Waals surface area contributed by atoms with Crippen LogP contribution in [0.1, 0.15) is 11.3 Å². The molecule has 4 rings (SSSR count). The van der Waals surface area contributed by atoms with Gasteiger partial charge in [-0.1, -0.05) is 42.5 Å². The Morgan fingerprint density at radius 1 is 0.931 bits per heavy atom. The third kappa shape index (κ3) is 4.84. The molecule has 0 aliphatic heterocycles. The van der Waals surface area contributed by atoms with Crippen molar-refractivity contribution in [3.63, 3.8) is 0 Å². The summed E-state index contributed by atoms with van der Waals surface area (Å²) in [6.07, 6.45) is 6.33. The van der Waals surface area contributed by atoms with Gasteiger partial charge in [0.05, 0.1) is 17.4 Å². The molecule has 4 aromatic rings. The molecule has 0 amide bonds. The van der Waals surface area contributed by atoms with Crippen LogP contribution in [0.25, 0.3) is 17.0 Å². The Labute approximate surface area is 168 Å². The minimum absolute atomic E-state index is 0.102. The molecule has 142 valence electrons. The number of carbonyl (C=O) groups is 1. The fourth-order valence-electron chi connectivity index (χ4n) is 2.78. The monoisotopic (exact) mass is 382 g/mol. The lowest BCUT2D eigenvalue weighted by molar-refractivity contribution is -0.138. The van der Waals surface area contributed by atoms with E-state index in [0.717, 1.165) is 16.5 Å². The summed E-state index contributed by atoms with van der Waals surface area (Å²) in [5.41, 5.74) is 2.34. The van der Waals surface area contributed by atoms with Crippen molar-refractivity contribution in [2.75, 3.05) is 0 Å². The lowest BCUT2D eigenvalue weighted by atomic mass is 10.2. The van der Waals surface area contributed by atoms with E-state index in [9.17, 15) is 4.79 Å². The van der Waals surface area contributed by atoms with Crippen LogP contribution in [0.4, 0.5) is 0 Å². The Morgan fingerprint density at radius 2 is 1.79 bits per heavy atom. The van der Waals surface area contributed by atoms with E-state index in [2.05, 4.69) is 9.97 Å². The number of fused-ring (bicyclic) bond motifs is 1. The number of ether oxygens (including phenoxy) is 2. The highest BCUT2D eigenvalue weighted by Gasteiger charge is 2.07. The van der Waals surface area contributed by atoms with Crippen molar-refractivity contribution in [2.45, 2.75) is 6.61 Å². The van der Waals surface area contributed by atoms with Crippen molar-refractivity contribution >= 4 is 22.9 Å². The Morgan fingerprint density at radius 3 is 2.69 bits per heavy atom. The maximum atomic E-state index is 12.1. The van der Waals surface area contributed by atoms with Gasteiger partial charge in [-0.05, 0) is 36.4 Å². The molecular formula is C24H18N2O3. The second-order valence-corrected chi connectivity index (χ2v) is 6.27. The number of pyridine rings is 2. The number of carbonyl (C=O) groups excluding carboxylic acids is 1. The number of aromatic nitrogens is 2. The van der Waals surface area contributed by atoms with Crippen LogP contribution in [0.15, 0.2) is 91.3 Å². The van der Waals surface area contributed by atoms with Crippen molar-refractivity contribution in [3.8, 4) is 11.5 Å². The van der Waals surface area contributed by atoms with Gasteiger partial charge in [-0.15, -0.1) is 0 Å². The molecule has 0 bridgehead atoms. The first-order valence-corrected chi connectivity index (χ1v) is 9.14. The molecule has 5 heteroatoms. The highest BCUT2D eigenvalue weighted by molar-refractivity contribution is 5.87. The normalized spacial score (nSPS) is 10.9. The molecule has 0 aliphatic carbocycles. The molecule has 0 atom stereocenters. The Balaban J connectivity index is 1.40. The van der Waals surface area contributed by atoms with Crippen molar-refractivity contribution in [1.29, 1.82) is 0 Å². The van der Waals surface area contributed by atoms with Gasteiger partial charge >= 0.3 is 5.97 Å². The number of hydrogen-bond donors (Lipinski definition) is 0. The minimum atomic E-state index is -0.448. The largest absolute Gasteiger partial charge is 0.458 e. The molecule has 0 radical (unpaired) electrons. The number of nitrogens with zero attached hydrogens (tertiary/aromatic N) is 2. The zero-order valence-electron chi connectivity index (χ0n) is 15.6. The highest BCUT2D eigenvalue weighted by atomic mass is 16.5. The molecule has 0 fully saturated rings. The zero-order valence-corrected chi connectivity index (χ0v) is 15.6. The third-order valence-electron chi connectivity index (χ3n) is 4.21. The maximum absolute atomic E-state index is 12.1. The summed E-state index contributed by atoms with van der Waals surface area (Å²) in [6, 6.07) is 22.7. The summed E-state index contributed by atoms with van der Waals surface area (Å²) in [4.78, 5) is 20.7. The summed E-state index contributed by atoms with van der Waals surface area (Å²) in [5.74, 6) is 0.790. The molecule has 0 saturated heterocycles. The average Bonchev–Trinajstić information content (AvgIpc) is 2.77. The minimum Gasteiger partial charge on any atom is -0.458 e. The first-order chi connectivity index (χ1) is 14.3. The van der Waals surface area contributed by atoms with E-state index < -0.39 is 5.97 Å². The molecule has 29 heavy (non-hydrogen) atoms. The number of hydrogen-bond acceptors (Lipinski definition) is 5. The smallest absolute Gasteiger partial charge is 0.331 e. The summed E-state index contributed by atoms with van der Waals surface area (Å²) in [5, 5.41) is 1.05. The summed E-state index contributed by atoms with van der Waals surface area (Å²) in [7, 11) is 0. The topological polar surface area (TPSA) is 61.3 Å². The maximum Gasteiger partial charge on any atom is 0.331 e. The van der Waals surface area contributed by atoms with E-state index in [1.165, 1.54) is 6.08 Å². The van der Waals surface area contributed by atoms with Crippen LogP contribution in [-0.4, -0.2) is 15.9 Å². The van der Waals surface area contributed by atoms with Gasteiger partial charge < -0.3 is 9.47 Å². The van der Waals surface area contributed by atoms with Crippen molar-refractivity contribution in [3.05, 3.63) is 103 Å². The number of para-hydroxylation sites is 2. The van der Waals surface area contributed by atoms with E-state index in [1.807, 2.05) is 66.7 Å². The predicted octanol–water partition coefficient (Wildman–Crippen LogP) is 5.18. The van der Waals surface area contributed by atoms with Crippen LogP contribution in [0.2, 0.25) is 0 Å². The SMILES string of the molecule is O=C(/C=C/c1ccc2ccccc2n1)OCc1ccccc1Oc1cccnc1. The fourth-order valence-corrected chi connectivity index (χ4v) is 2.78. The molecule has 0 aliphatic rings.